The number of nitrogens with one attached hydrogen (secondary N) is 1. The van der Waals surface area contributed by atoms with Crippen LogP contribution >= 0.6 is 0 Å². The van der Waals surface area contributed by atoms with Gasteiger partial charge in [0.05, 0.1) is 24.2 Å². The molecule has 0 radical (unpaired) electrons. The van der Waals surface area contributed by atoms with Crippen LogP contribution in [0.2, 0.25) is 0 Å². The Bertz CT molecular complexity index is 438. The Hall–Kier alpha value is -1.53. The van der Waals surface area contributed by atoms with Gasteiger partial charge in [0.25, 0.3) is 0 Å². The van der Waals surface area contributed by atoms with E-state index in [2.05, 4.69) is 19.9 Å². The molecule has 2 aromatic rings. The molecule has 0 spiro atoms. The third-order valence-electron chi connectivity index (χ3n) is 2.09. The highest BCUT2D eigenvalue weighted by Crippen LogP contribution is 2.17. The minimum Gasteiger partial charge on any atom is -0.391 e. The number of aromatic amines is 1. The number of H-pyrrole nitrogens is 1. The normalized spacial score (nSPS) is 15.6. The lowest BCUT2D eigenvalue weighted by atomic mass is 10.1. The van der Waals surface area contributed by atoms with Gasteiger partial charge in [-0.3, -0.25) is 0 Å². The van der Waals surface area contributed by atoms with Crippen LogP contribution in [0.15, 0.2) is 12.7 Å². The fraction of sp³-hybridized carbons (Fsp3) is 0.375. The quantitative estimate of drug-likeness (QED) is 0.609. The Morgan fingerprint density at radius 3 is 2.93 bits per heavy atom. The van der Waals surface area contributed by atoms with Gasteiger partial charge in [-0.05, 0) is 6.92 Å². The van der Waals surface area contributed by atoms with Crippen LogP contribution in [-0.2, 0) is 0 Å². The van der Waals surface area contributed by atoms with Gasteiger partial charge in [-0.25, -0.2) is 15.0 Å². The highest BCUT2D eigenvalue weighted by atomic mass is 16.3. The van der Waals surface area contributed by atoms with Crippen molar-refractivity contribution in [2.75, 3.05) is 0 Å². The van der Waals surface area contributed by atoms with Gasteiger partial charge in [-0.15, -0.1) is 0 Å². The second-order valence-corrected chi connectivity index (χ2v) is 3.13. The maximum absolute atomic E-state index is 9.35. The molecule has 0 fully saturated rings. The predicted molar refractivity (Wildman–Crippen MR) is 50.3 cm³/mol. The molecule has 2 unspecified atom stereocenters. The Morgan fingerprint density at radius 2 is 2.21 bits per heavy atom. The summed E-state index contributed by atoms with van der Waals surface area (Å²) < 4.78 is 0. The minimum absolute atomic E-state index is 0.527. The van der Waals surface area contributed by atoms with Crippen molar-refractivity contribution in [3.8, 4) is 0 Å². The van der Waals surface area contributed by atoms with Gasteiger partial charge in [0.2, 0.25) is 0 Å². The van der Waals surface area contributed by atoms with Crippen LogP contribution in [-0.4, -0.2) is 31.1 Å². The van der Waals surface area contributed by atoms with Gasteiger partial charge in [-0.2, -0.15) is 0 Å². The Labute approximate surface area is 80.2 Å². The molecule has 0 saturated heterocycles. The van der Waals surface area contributed by atoms with Crippen LogP contribution in [0, 0.1) is 0 Å². The van der Waals surface area contributed by atoms with Crippen LogP contribution in [0.25, 0.3) is 11.2 Å². The molecule has 0 aliphatic carbocycles. The topological polar surface area (TPSA) is 101 Å². The lowest BCUT2D eigenvalue weighted by Gasteiger charge is -2.13. The number of aliphatic hydroxyl groups is 1. The number of nitrogens with zero attached hydrogens (tertiary/aromatic N) is 3. The Balaban J connectivity index is 2.56. The summed E-state index contributed by atoms with van der Waals surface area (Å²) in [4.78, 5) is 14.9. The molecule has 0 amide bonds. The summed E-state index contributed by atoms with van der Waals surface area (Å²) in [5, 5.41) is 9.35. The number of aromatic nitrogens is 4. The molecule has 0 aliphatic heterocycles. The fourth-order valence-electron chi connectivity index (χ4n) is 1.26. The zero-order chi connectivity index (χ0) is 10.1. The largest absolute Gasteiger partial charge is 0.391 e. The number of fused-ring (bicyclic) bond motifs is 1. The summed E-state index contributed by atoms with van der Waals surface area (Å²) in [5.41, 5.74) is 7.60. The number of aliphatic hydroxyl groups excluding tert-OH is 1. The van der Waals surface area contributed by atoms with E-state index in [-0.39, 0.29) is 0 Å². The van der Waals surface area contributed by atoms with Crippen LogP contribution in [0.5, 0.6) is 0 Å². The molecule has 74 valence electrons. The van der Waals surface area contributed by atoms with Gasteiger partial charge in [0.15, 0.2) is 5.65 Å². The van der Waals surface area contributed by atoms with Crippen molar-refractivity contribution in [3.63, 3.8) is 0 Å². The maximum atomic E-state index is 9.35. The summed E-state index contributed by atoms with van der Waals surface area (Å²) in [7, 11) is 0. The van der Waals surface area contributed by atoms with Crippen molar-refractivity contribution in [1.82, 2.24) is 19.9 Å². The molecule has 6 nitrogen and oxygen atoms in total. The maximum Gasteiger partial charge on any atom is 0.180 e. The third-order valence-corrected chi connectivity index (χ3v) is 2.09. The van der Waals surface area contributed by atoms with Gasteiger partial charge in [0.1, 0.15) is 11.8 Å². The van der Waals surface area contributed by atoms with Crippen LogP contribution in [0.4, 0.5) is 0 Å². The van der Waals surface area contributed by atoms with Crippen molar-refractivity contribution in [3.05, 3.63) is 18.3 Å². The molecule has 2 rings (SSSR count). The molecule has 2 atom stereocenters. The van der Waals surface area contributed by atoms with Gasteiger partial charge in [-0.1, -0.05) is 0 Å². The zero-order valence-electron chi connectivity index (χ0n) is 7.68. The van der Waals surface area contributed by atoms with Gasteiger partial charge in [0, 0.05) is 0 Å². The molecule has 14 heavy (non-hydrogen) atoms. The first kappa shape index (κ1) is 9.04. The number of nitrogens with two attached hydrogens (primary N) is 1. The monoisotopic (exact) mass is 193 g/mol. The highest BCUT2D eigenvalue weighted by Gasteiger charge is 2.17. The summed E-state index contributed by atoms with van der Waals surface area (Å²) in [6.07, 6.45) is 2.26. The number of imidazole rings is 1. The lowest BCUT2D eigenvalue weighted by molar-refractivity contribution is 0.163. The Kier molecular flexibility index (Phi) is 2.14. The van der Waals surface area contributed by atoms with E-state index in [0.29, 0.717) is 16.9 Å². The standard InChI is InChI=1S/C8H11N5O/c1-4(14)5(9)6-7-8(12-2-10-6)13-3-11-7/h2-5,14H,9H2,1H3,(H,10,11,12,13). The molecule has 4 N–H and O–H groups in total. The van der Waals surface area contributed by atoms with E-state index in [9.17, 15) is 5.11 Å². The van der Waals surface area contributed by atoms with Crippen molar-refractivity contribution in [2.45, 2.75) is 19.1 Å². The van der Waals surface area contributed by atoms with Crippen molar-refractivity contribution < 1.29 is 5.11 Å². The molecule has 0 aliphatic rings. The van der Waals surface area contributed by atoms with Crippen molar-refractivity contribution in [1.29, 1.82) is 0 Å². The van der Waals surface area contributed by atoms with Gasteiger partial charge < -0.3 is 15.8 Å². The number of hydrogen-bond donors (Lipinski definition) is 3. The molecule has 2 heterocycles. The highest BCUT2D eigenvalue weighted by molar-refractivity contribution is 5.72. The summed E-state index contributed by atoms with van der Waals surface area (Å²) in [6.45, 7) is 1.62. The summed E-state index contributed by atoms with van der Waals surface area (Å²) in [5.74, 6) is 0. The Morgan fingerprint density at radius 1 is 1.43 bits per heavy atom. The fourth-order valence-corrected chi connectivity index (χ4v) is 1.26. The first-order chi connectivity index (χ1) is 6.70. The molecule has 0 aromatic carbocycles. The van der Waals surface area contributed by atoms with E-state index in [1.54, 1.807) is 6.92 Å². The van der Waals surface area contributed by atoms with Crippen LogP contribution in [0.3, 0.4) is 0 Å². The molecule has 0 saturated carbocycles. The first-order valence-corrected chi connectivity index (χ1v) is 4.27. The average Bonchev–Trinajstić information content (AvgIpc) is 2.63. The molecular formula is C8H11N5O. The smallest absolute Gasteiger partial charge is 0.180 e. The average molecular weight is 193 g/mol. The van der Waals surface area contributed by atoms with Crippen molar-refractivity contribution >= 4 is 11.2 Å². The lowest BCUT2D eigenvalue weighted by Crippen LogP contribution is -2.24. The minimum atomic E-state index is -0.656. The summed E-state index contributed by atoms with van der Waals surface area (Å²) >= 11 is 0. The van der Waals surface area contributed by atoms with E-state index in [1.807, 2.05) is 0 Å². The van der Waals surface area contributed by atoms with Gasteiger partial charge >= 0.3 is 0 Å². The second kappa shape index (κ2) is 3.32. The van der Waals surface area contributed by atoms with Crippen molar-refractivity contribution in [2.24, 2.45) is 5.73 Å². The second-order valence-electron chi connectivity index (χ2n) is 3.13. The van der Waals surface area contributed by atoms with E-state index < -0.39 is 12.1 Å². The zero-order valence-corrected chi connectivity index (χ0v) is 7.68. The van der Waals surface area contributed by atoms with E-state index in [0.717, 1.165) is 0 Å². The SMILES string of the molecule is CC(O)C(N)c1ncnc2nc[nH]c12. The van der Waals surface area contributed by atoms with E-state index in [1.165, 1.54) is 12.7 Å². The molecule has 2 aromatic heterocycles. The van der Waals surface area contributed by atoms with E-state index >= 15 is 0 Å². The molecular weight excluding hydrogens is 182 g/mol. The first-order valence-electron chi connectivity index (χ1n) is 4.27. The number of rotatable bonds is 2. The third kappa shape index (κ3) is 1.34. The van der Waals surface area contributed by atoms with E-state index in [4.69, 9.17) is 5.73 Å². The predicted octanol–water partition coefficient (Wildman–Crippen LogP) is -0.267. The molecule has 6 heteroatoms. The van der Waals surface area contributed by atoms with Crippen LogP contribution < -0.4 is 5.73 Å². The number of hydrogen-bond acceptors (Lipinski definition) is 5. The van der Waals surface area contributed by atoms with Crippen LogP contribution in [0.1, 0.15) is 18.7 Å². The molecule has 0 bridgehead atoms. The summed E-state index contributed by atoms with van der Waals surface area (Å²) in [6, 6.07) is -0.527.